The maximum absolute atomic E-state index is 12.5. The van der Waals surface area contributed by atoms with Gasteiger partial charge in [0.25, 0.3) is 6.47 Å². The lowest BCUT2D eigenvalue weighted by atomic mass is 9.83. The molecule has 8 heteroatoms. The number of fused-ring (bicyclic) bond motifs is 2. The van der Waals surface area contributed by atoms with Gasteiger partial charge in [-0.05, 0) is 54.7 Å². The maximum atomic E-state index is 12.5. The van der Waals surface area contributed by atoms with Crippen molar-refractivity contribution in [3.63, 3.8) is 0 Å². The summed E-state index contributed by atoms with van der Waals surface area (Å²) >= 11 is 0. The molecule has 1 unspecified atom stereocenters. The van der Waals surface area contributed by atoms with Crippen molar-refractivity contribution in [2.24, 2.45) is 0 Å². The molecule has 1 fully saturated rings. The zero-order chi connectivity index (χ0) is 20.4. The summed E-state index contributed by atoms with van der Waals surface area (Å²) < 4.78 is 1.75. The zero-order valence-corrected chi connectivity index (χ0v) is 16.2. The maximum Gasteiger partial charge on any atom is 0.290 e. The van der Waals surface area contributed by atoms with E-state index in [-0.39, 0.29) is 18.3 Å². The molecule has 0 bridgehead atoms. The largest absolute Gasteiger partial charge is 0.483 e. The van der Waals surface area contributed by atoms with E-state index in [4.69, 9.17) is 9.90 Å². The van der Waals surface area contributed by atoms with Gasteiger partial charge in [0.05, 0.1) is 0 Å². The Balaban J connectivity index is 0.000000645. The van der Waals surface area contributed by atoms with E-state index in [1.165, 1.54) is 29.7 Å². The summed E-state index contributed by atoms with van der Waals surface area (Å²) in [6.07, 6.45) is 6.40. The highest BCUT2D eigenvalue weighted by atomic mass is 16.3. The molecule has 2 N–H and O–H groups in total. The van der Waals surface area contributed by atoms with Crippen LogP contribution < -0.4 is 10.2 Å². The molecular weight excluding hydrogens is 370 g/mol. The fourth-order valence-electron chi connectivity index (χ4n) is 4.31. The number of aromatic nitrogens is 3. The molecule has 29 heavy (non-hydrogen) atoms. The van der Waals surface area contributed by atoms with E-state index < -0.39 is 0 Å². The summed E-state index contributed by atoms with van der Waals surface area (Å²) in [7, 11) is 0. The molecule has 3 aromatic rings. The quantitative estimate of drug-likeness (QED) is 0.650. The Morgan fingerprint density at radius 2 is 2.00 bits per heavy atom. The molecule has 2 aliphatic heterocycles. The van der Waals surface area contributed by atoms with Gasteiger partial charge in [-0.1, -0.05) is 6.07 Å². The molecule has 5 rings (SSSR count). The highest BCUT2D eigenvalue weighted by molar-refractivity contribution is 5.97. The Bertz CT molecular complexity index is 1060. The van der Waals surface area contributed by atoms with E-state index in [1.54, 1.807) is 10.8 Å². The average molecular weight is 393 g/mol. The second-order valence-electron chi connectivity index (χ2n) is 7.30. The smallest absolute Gasteiger partial charge is 0.290 e. The number of hydrogen-bond donors (Lipinski definition) is 2. The van der Waals surface area contributed by atoms with Gasteiger partial charge in [-0.2, -0.15) is 5.10 Å². The van der Waals surface area contributed by atoms with E-state index >= 15 is 0 Å². The van der Waals surface area contributed by atoms with Crippen LogP contribution in [-0.4, -0.2) is 45.2 Å². The number of carboxylic acid groups (broad SMARTS) is 1. The van der Waals surface area contributed by atoms with Crippen molar-refractivity contribution in [3.8, 4) is 0 Å². The Morgan fingerprint density at radius 1 is 1.24 bits per heavy atom. The predicted molar refractivity (Wildman–Crippen MR) is 109 cm³/mol. The van der Waals surface area contributed by atoms with E-state index in [1.807, 2.05) is 18.3 Å². The third-order valence-corrected chi connectivity index (χ3v) is 5.65. The standard InChI is InChI=1S/C20H21N5O.CH2O2/c1-13-17(24-7-2-3-8-24)5-4-15-16(11-19(26)23-20(13)15)14-6-9-25-18(10-14)21-12-22-25;2-1-3/h4-6,9-10,12,16H,2-3,7-8,11H2,1H3,(H,23,26);1H,(H,2,3). The number of carbonyl (C=O) groups is 2. The normalized spacial score (nSPS) is 18.0. The zero-order valence-electron chi connectivity index (χ0n) is 16.2. The van der Waals surface area contributed by atoms with Gasteiger partial charge in [0, 0.05) is 43.0 Å². The van der Waals surface area contributed by atoms with Crippen LogP contribution in [0.15, 0.2) is 36.8 Å². The second-order valence-corrected chi connectivity index (χ2v) is 7.30. The van der Waals surface area contributed by atoms with Crippen LogP contribution in [0.5, 0.6) is 0 Å². The predicted octanol–water partition coefficient (Wildman–Crippen LogP) is 2.81. The molecule has 0 aliphatic carbocycles. The van der Waals surface area contributed by atoms with Gasteiger partial charge in [0.15, 0.2) is 5.65 Å². The molecule has 1 amide bonds. The van der Waals surface area contributed by atoms with Crippen molar-refractivity contribution in [1.82, 2.24) is 14.6 Å². The Hall–Kier alpha value is -3.42. The number of pyridine rings is 1. The van der Waals surface area contributed by atoms with E-state index in [0.717, 1.165) is 30.0 Å². The molecular formula is C21H23N5O3. The van der Waals surface area contributed by atoms with Crippen LogP contribution in [-0.2, 0) is 9.59 Å². The molecule has 0 spiro atoms. The third-order valence-electron chi connectivity index (χ3n) is 5.65. The van der Waals surface area contributed by atoms with Gasteiger partial charge in [-0.15, -0.1) is 0 Å². The molecule has 4 heterocycles. The number of carbonyl (C=O) groups excluding carboxylic acids is 1. The molecule has 1 saturated heterocycles. The molecule has 0 saturated carbocycles. The van der Waals surface area contributed by atoms with Crippen LogP contribution in [0.1, 0.15) is 41.9 Å². The summed E-state index contributed by atoms with van der Waals surface area (Å²) in [5.74, 6) is 0.122. The summed E-state index contributed by atoms with van der Waals surface area (Å²) in [5, 5.41) is 14.2. The van der Waals surface area contributed by atoms with E-state index in [2.05, 4.69) is 39.4 Å². The van der Waals surface area contributed by atoms with Crippen molar-refractivity contribution in [2.75, 3.05) is 23.3 Å². The van der Waals surface area contributed by atoms with Crippen LogP contribution in [0, 0.1) is 6.92 Å². The number of benzene rings is 1. The van der Waals surface area contributed by atoms with Gasteiger partial charge in [-0.25, -0.2) is 9.50 Å². The lowest BCUT2D eigenvalue weighted by Crippen LogP contribution is -2.26. The molecule has 1 aromatic carbocycles. The van der Waals surface area contributed by atoms with Gasteiger partial charge >= 0.3 is 0 Å². The Kier molecular flexibility index (Phi) is 5.16. The van der Waals surface area contributed by atoms with Crippen molar-refractivity contribution in [2.45, 2.75) is 32.1 Å². The van der Waals surface area contributed by atoms with Crippen molar-refractivity contribution in [3.05, 3.63) is 53.5 Å². The SMILES string of the molecule is Cc1c(N2CCCC2)ccc2c1NC(=O)CC2c1ccn2ncnc2c1.O=CO. The first kappa shape index (κ1) is 18.9. The number of rotatable bonds is 2. The van der Waals surface area contributed by atoms with Crippen molar-refractivity contribution < 1.29 is 14.7 Å². The molecule has 8 nitrogen and oxygen atoms in total. The Labute approximate surface area is 168 Å². The van der Waals surface area contributed by atoms with Crippen LogP contribution >= 0.6 is 0 Å². The van der Waals surface area contributed by atoms with Crippen LogP contribution in [0.3, 0.4) is 0 Å². The van der Waals surface area contributed by atoms with Gasteiger partial charge in [-0.3, -0.25) is 9.59 Å². The monoisotopic (exact) mass is 393 g/mol. The fourth-order valence-corrected chi connectivity index (χ4v) is 4.31. The second kappa shape index (κ2) is 7.90. The first-order valence-electron chi connectivity index (χ1n) is 9.68. The van der Waals surface area contributed by atoms with Gasteiger partial charge in [0.1, 0.15) is 6.33 Å². The number of nitrogens with one attached hydrogen (secondary N) is 1. The van der Waals surface area contributed by atoms with Crippen LogP contribution in [0.25, 0.3) is 5.65 Å². The third kappa shape index (κ3) is 3.53. The van der Waals surface area contributed by atoms with Crippen LogP contribution in [0.4, 0.5) is 11.4 Å². The molecule has 2 aliphatic rings. The summed E-state index contributed by atoms with van der Waals surface area (Å²) in [6.45, 7) is 4.07. The minimum Gasteiger partial charge on any atom is -0.483 e. The number of amides is 1. The summed E-state index contributed by atoms with van der Waals surface area (Å²) in [6, 6.07) is 8.48. The minimum atomic E-state index is -0.250. The van der Waals surface area contributed by atoms with E-state index in [0.29, 0.717) is 6.42 Å². The highest BCUT2D eigenvalue weighted by Crippen LogP contribution is 2.42. The van der Waals surface area contributed by atoms with Gasteiger partial charge < -0.3 is 15.3 Å². The Morgan fingerprint density at radius 3 is 2.76 bits per heavy atom. The molecule has 2 aromatic heterocycles. The lowest BCUT2D eigenvalue weighted by Gasteiger charge is -2.30. The van der Waals surface area contributed by atoms with Crippen LogP contribution in [0.2, 0.25) is 0 Å². The number of anilines is 2. The molecule has 150 valence electrons. The highest BCUT2D eigenvalue weighted by Gasteiger charge is 2.29. The first-order valence-corrected chi connectivity index (χ1v) is 9.68. The average Bonchev–Trinajstić information content (AvgIpc) is 3.40. The summed E-state index contributed by atoms with van der Waals surface area (Å²) in [5.41, 5.74) is 6.50. The number of hydrogen-bond acceptors (Lipinski definition) is 5. The lowest BCUT2D eigenvalue weighted by molar-refractivity contribution is -0.123. The van der Waals surface area contributed by atoms with Crippen molar-refractivity contribution >= 4 is 29.4 Å². The first-order chi connectivity index (χ1) is 14.1. The number of nitrogens with zero attached hydrogens (tertiary/aromatic N) is 4. The fraction of sp³-hybridized carbons (Fsp3) is 0.333. The minimum absolute atomic E-state index is 0.0479. The topological polar surface area (TPSA) is 99.8 Å². The van der Waals surface area contributed by atoms with Gasteiger partial charge in [0.2, 0.25) is 5.91 Å². The van der Waals surface area contributed by atoms with E-state index in [9.17, 15) is 4.79 Å². The van der Waals surface area contributed by atoms with Crippen molar-refractivity contribution in [1.29, 1.82) is 0 Å². The molecule has 1 atom stereocenters. The molecule has 0 radical (unpaired) electrons. The summed E-state index contributed by atoms with van der Waals surface area (Å²) in [4.78, 5) is 27.5.